The van der Waals surface area contributed by atoms with E-state index in [0.717, 1.165) is 0 Å². The fourth-order valence-electron chi connectivity index (χ4n) is 1.24. The molecule has 0 rings (SSSR count). The summed E-state index contributed by atoms with van der Waals surface area (Å²) in [5.74, 6) is -0.998. The molecule has 0 spiro atoms. The first-order valence-electron chi connectivity index (χ1n) is 5.13. The van der Waals surface area contributed by atoms with Gasteiger partial charge in [-0.05, 0) is 45.6 Å². The number of aliphatic carboxylic acids is 1. The van der Waals surface area contributed by atoms with Gasteiger partial charge in [0.15, 0.2) is 0 Å². The van der Waals surface area contributed by atoms with E-state index in [2.05, 4.69) is 0 Å². The lowest BCUT2D eigenvalue weighted by Crippen LogP contribution is -2.14. The Kier molecular flexibility index (Phi) is 6.20. The Labute approximate surface area is 90.2 Å². The number of aliphatic hydroxyl groups excluding tert-OH is 2. The highest BCUT2D eigenvalue weighted by atomic mass is 16.4. The molecule has 3 N–H and O–H groups in total. The first-order chi connectivity index (χ1) is 6.86. The molecular weight excluding hydrogens is 196 g/mol. The SMILES string of the molecule is CC(C(=O)O)=C(C)C(O)CCCC(C)O. The summed E-state index contributed by atoms with van der Waals surface area (Å²) in [6, 6.07) is 0. The molecule has 0 radical (unpaired) electrons. The first-order valence-corrected chi connectivity index (χ1v) is 5.13. The quantitative estimate of drug-likeness (QED) is 0.585. The van der Waals surface area contributed by atoms with E-state index in [0.29, 0.717) is 24.8 Å². The summed E-state index contributed by atoms with van der Waals surface area (Å²) in [6.07, 6.45) is 0.697. The van der Waals surface area contributed by atoms with Gasteiger partial charge in [-0.15, -0.1) is 0 Å². The smallest absolute Gasteiger partial charge is 0.331 e. The Morgan fingerprint density at radius 1 is 1.20 bits per heavy atom. The lowest BCUT2D eigenvalue weighted by molar-refractivity contribution is -0.132. The highest BCUT2D eigenvalue weighted by molar-refractivity contribution is 5.86. The second-order valence-corrected chi connectivity index (χ2v) is 3.91. The molecule has 4 heteroatoms. The maximum atomic E-state index is 10.6. The standard InChI is InChI=1S/C11H20O4/c1-7(12)5-4-6-10(13)8(2)9(3)11(14)15/h7,10,12-13H,4-6H2,1-3H3,(H,14,15). The van der Waals surface area contributed by atoms with Crippen LogP contribution < -0.4 is 0 Å². The van der Waals surface area contributed by atoms with E-state index in [4.69, 9.17) is 10.2 Å². The number of aliphatic hydroxyl groups is 2. The van der Waals surface area contributed by atoms with Crippen LogP contribution in [0.1, 0.15) is 40.0 Å². The van der Waals surface area contributed by atoms with Gasteiger partial charge in [0.1, 0.15) is 0 Å². The van der Waals surface area contributed by atoms with Gasteiger partial charge in [0, 0.05) is 5.57 Å². The summed E-state index contributed by atoms with van der Waals surface area (Å²) in [7, 11) is 0. The van der Waals surface area contributed by atoms with Gasteiger partial charge in [0.25, 0.3) is 0 Å². The Balaban J connectivity index is 4.15. The van der Waals surface area contributed by atoms with Gasteiger partial charge in [-0.3, -0.25) is 0 Å². The Morgan fingerprint density at radius 3 is 2.13 bits per heavy atom. The van der Waals surface area contributed by atoms with E-state index < -0.39 is 12.1 Å². The third-order valence-electron chi connectivity index (χ3n) is 2.51. The molecule has 0 aromatic rings. The van der Waals surface area contributed by atoms with E-state index in [1.807, 2.05) is 0 Å². The summed E-state index contributed by atoms with van der Waals surface area (Å²) in [5, 5.41) is 27.4. The number of hydrogen-bond acceptors (Lipinski definition) is 3. The fourth-order valence-corrected chi connectivity index (χ4v) is 1.24. The fraction of sp³-hybridized carbons (Fsp3) is 0.727. The van der Waals surface area contributed by atoms with Crippen LogP contribution in [0.3, 0.4) is 0 Å². The van der Waals surface area contributed by atoms with Crippen molar-refractivity contribution in [2.75, 3.05) is 0 Å². The third-order valence-corrected chi connectivity index (χ3v) is 2.51. The molecule has 0 aliphatic rings. The molecule has 0 saturated carbocycles. The number of carboxylic acids is 1. The van der Waals surface area contributed by atoms with Crippen molar-refractivity contribution >= 4 is 5.97 Å². The highest BCUT2D eigenvalue weighted by Crippen LogP contribution is 2.14. The second-order valence-electron chi connectivity index (χ2n) is 3.91. The van der Waals surface area contributed by atoms with E-state index in [9.17, 15) is 9.90 Å². The van der Waals surface area contributed by atoms with Crippen LogP contribution in [-0.4, -0.2) is 33.5 Å². The summed E-state index contributed by atoms with van der Waals surface area (Å²) < 4.78 is 0. The molecule has 0 fully saturated rings. The van der Waals surface area contributed by atoms with E-state index in [1.54, 1.807) is 13.8 Å². The van der Waals surface area contributed by atoms with Crippen molar-refractivity contribution in [3.63, 3.8) is 0 Å². The highest BCUT2D eigenvalue weighted by Gasteiger charge is 2.13. The second kappa shape index (κ2) is 6.58. The molecule has 0 saturated heterocycles. The zero-order valence-corrected chi connectivity index (χ0v) is 9.53. The van der Waals surface area contributed by atoms with Crippen molar-refractivity contribution in [2.45, 2.75) is 52.2 Å². The van der Waals surface area contributed by atoms with Gasteiger partial charge in [-0.2, -0.15) is 0 Å². The average Bonchev–Trinajstić information content (AvgIpc) is 2.14. The zero-order valence-electron chi connectivity index (χ0n) is 9.53. The number of hydrogen-bond donors (Lipinski definition) is 3. The lowest BCUT2D eigenvalue weighted by Gasteiger charge is -2.13. The molecule has 0 bridgehead atoms. The van der Waals surface area contributed by atoms with Crippen LogP contribution in [-0.2, 0) is 4.79 Å². The molecule has 88 valence electrons. The minimum atomic E-state index is -0.998. The van der Waals surface area contributed by atoms with Crippen molar-refractivity contribution < 1.29 is 20.1 Å². The summed E-state index contributed by atoms with van der Waals surface area (Å²) in [4.78, 5) is 10.6. The predicted molar refractivity (Wildman–Crippen MR) is 57.5 cm³/mol. The molecule has 2 atom stereocenters. The van der Waals surface area contributed by atoms with Gasteiger partial charge >= 0.3 is 5.97 Å². The molecular formula is C11H20O4. The number of carboxylic acid groups (broad SMARTS) is 1. The lowest BCUT2D eigenvalue weighted by atomic mass is 10.00. The monoisotopic (exact) mass is 216 g/mol. The Bertz CT molecular complexity index is 243. The van der Waals surface area contributed by atoms with Crippen LogP contribution in [0.15, 0.2) is 11.1 Å². The van der Waals surface area contributed by atoms with Crippen molar-refractivity contribution in [3.8, 4) is 0 Å². The first kappa shape index (κ1) is 14.1. The normalized spacial score (nSPS) is 16.9. The molecule has 4 nitrogen and oxygen atoms in total. The third kappa shape index (κ3) is 5.54. The summed E-state index contributed by atoms with van der Waals surface area (Å²) in [6.45, 7) is 4.80. The molecule has 0 aromatic carbocycles. The van der Waals surface area contributed by atoms with Crippen molar-refractivity contribution in [1.82, 2.24) is 0 Å². The molecule has 15 heavy (non-hydrogen) atoms. The number of carbonyl (C=O) groups is 1. The summed E-state index contributed by atoms with van der Waals surface area (Å²) >= 11 is 0. The van der Waals surface area contributed by atoms with Crippen LogP contribution in [0.5, 0.6) is 0 Å². The van der Waals surface area contributed by atoms with E-state index in [-0.39, 0.29) is 11.7 Å². The Hall–Kier alpha value is -0.870. The van der Waals surface area contributed by atoms with Crippen LogP contribution in [0.4, 0.5) is 0 Å². The molecule has 0 aliphatic heterocycles. The van der Waals surface area contributed by atoms with Crippen LogP contribution in [0.25, 0.3) is 0 Å². The predicted octanol–water partition coefficient (Wildman–Crippen LogP) is 1.32. The van der Waals surface area contributed by atoms with Gasteiger partial charge in [-0.1, -0.05) is 0 Å². The van der Waals surface area contributed by atoms with Crippen molar-refractivity contribution in [1.29, 1.82) is 0 Å². The van der Waals surface area contributed by atoms with Gasteiger partial charge < -0.3 is 15.3 Å². The number of rotatable bonds is 6. The maximum Gasteiger partial charge on any atom is 0.331 e. The van der Waals surface area contributed by atoms with Crippen LogP contribution in [0.2, 0.25) is 0 Å². The molecule has 0 aromatic heterocycles. The molecule has 0 amide bonds. The van der Waals surface area contributed by atoms with Gasteiger partial charge in [-0.25, -0.2) is 4.79 Å². The minimum Gasteiger partial charge on any atom is -0.478 e. The molecule has 0 heterocycles. The van der Waals surface area contributed by atoms with Gasteiger partial charge in [0.2, 0.25) is 0 Å². The van der Waals surface area contributed by atoms with Crippen molar-refractivity contribution in [3.05, 3.63) is 11.1 Å². The average molecular weight is 216 g/mol. The zero-order chi connectivity index (χ0) is 12.0. The molecule has 0 aliphatic carbocycles. The van der Waals surface area contributed by atoms with Crippen LogP contribution >= 0.6 is 0 Å². The molecule has 2 unspecified atom stereocenters. The van der Waals surface area contributed by atoms with E-state index >= 15 is 0 Å². The minimum absolute atomic E-state index is 0.194. The van der Waals surface area contributed by atoms with Gasteiger partial charge in [0.05, 0.1) is 12.2 Å². The van der Waals surface area contributed by atoms with Crippen molar-refractivity contribution in [2.24, 2.45) is 0 Å². The van der Waals surface area contributed by atoms with E-state index in [1.165, 1.54) is 6.92 Å². The maximum absolute atomic E-state index is 10.6. The summed E-state index contributed by atoms with van der Waals surface area (Å²) in [5.41, 5.74) is 0.688. The Morgan fingerprint density at radius 2 is 1.73 bits per heavy atom. The van der Waals surface area contributed by atoms with Crippen LogP contribution in [0, 0.1) is 0 Å². The largest absolute Gasteiger partial charge is 0.478 e. The topological polar surface area (TPSA) is 77.8 Å².